The molecule has 0 radical (unpaired) electrons. The number of rotatable bonds is 0. The molecule has 0 unspecified atom stereocenters. The first-order valence-electron chi connectivity index (χ1n) is 4.82. The Bertz CT molecular complexity index is 568. The van der Waals surface area contributed by atoms with E-state index in [0.29, 0.717) is 0 Å². The third-order valence-electron chi connectivity index (χ3n) is 2.16. The number of hydrogen-bond acceptors (Lipinski definition) is 0. The maximum atomic E-state index is 9.87. The molecule has 0 saturated carbocycles. The second-order valence-electron chi connectivity index (χ2n) is 3.83. The van der Waals surface area contributed by atoms with Crippen molar-refractivity contribution in [2.75, 3.05) is 0 Å². The quantitative estimate of drug-likeness (QED) is 0.364. The molecule has 0 spiro atoms. The van der Waals surface area contributed by atoms with Crippen LogP contribution in [0, 0.1) is 0 Å². The number of aromatic nitrogens is 2. The number of benzene rings is 1. The molecule has 0 aliphatic carbocycles. The zero-order valence-electron chi connectivity index (χ0n) is 9.80. The molecule has 0 atom stereocenters. The van der Waals surface area contributed by atoms with Gasteiger partial charge in [0.1, 0.15) is 0 Å². The summed E-state index contributed by atoms with van der Waals surface area (Å²) in [4.78, 5) is 0. The molecule has 0 aliphatic rings. The van der Waals surface area contributed by atoms with Gasteiger partial charge in [0.05, 0.1) is 14.1 Å². The fourth-order valence-corrected chi connectivity index (χ4v) is 1.64. The fraction of sp³-hybridized carbons (Fsp3) is 0.222. The predicted octanol–water partition coefficient (Wildman–Crippen LogP) is 5.04. The molecule has 10 heteroatoms. The van der Waals surface area contributed by atoms with Crippen molar-refractivity contribution in [1.82, 2.24) is 4.57 Å². The Labute approximate surface area is 109 Å². The van der Waals surface area contributed by atoms with Crippen LogP contribution < -0.4 is 4.57 Å². The molecule has 1 aromatic carbocycles. The van der Waals surface area contributed by atoms with Crippen molar-refractivity contribution in [3.05, 3.63) is 29.5 Å². The van der Waals surface area contributed by atoms with Crippen molar-refractivity contribution in [3.8, 4) is 0 Å². The molecule has 0 saturated heterocycles. The number of nitrogens with zero attached hydrogens (tertiary/aromatic N) is 2. The van der Waals surface area contributed by atoms with E-state index in [1.54, 1.807) is 0 Å². The van der Waals surface area contributed by atoms with Crippen LogP contribution in [0.5, 0.6) is 0 Å². The Kier molecular flexibility index (Phi) is 3.37. The van der Waals surface area contributed by atoms with Crippen molar-refractivity contribution in [3.63, 3.8) is 0 Å². The van der Waals surface area contributed by atoms with E-state index in [0.717, 1.165) is 16.3 Å². The zero-order chi connectivity index (χ0) is 15.1. The molecular weight excluding hydrogens is 317 g/mol. The van der Waals surface area contributed by atoms with E-state index in [1.165, 1.54) is 0 Å². The summed E-state index contributed by atoms with van der Waals surface area (Å²) in [5.41, 5.74) is 2.31. The van der Waals surface area contributed by atoms with Crippen LogP contribution in [0.1, 0.15) is 0 Å². The normalized spacial score (nSPS) is 15.4. The molecular formula is C9H10ClF6N2P. The molecule has 2 rings (SSSR count). The van der Waals surface area contributed by atoms with Gasteiger partial charge in [-0.05, 0) is 12.1 Å². The van der Waals surface area contributed by atoms with Gasteiger partial charge in [-0.15, -0.1) is 0 Å². The Morgan fingerprint density at radius 2 is 1.47 bits per heavy atom. The Balaban J connectivity index is 0.000000224. The summed E-state index contributed by atoms with van der Waals surface area (Å²) < 4.78 is 63.1. The molecule has 1 heterocycles. The Hall–Kier alpha value is -1.01. The van der Waals surface area contributed by atoms with E-state index in [4.69, 9.17) is 11.6 Å². The van der Waals surface area contributed by atoms with Crippen molar-refractivity contribution in [2.24, 2.45) is 14.1 Å². The summed E-state index contributed by atoms with van der Waals surface area (Å²) in [6, 6.07) is 8.14. The van der Waals surface area contributed by atoms with E-state index >= 15 is 0 Å². The molecule has 0 fully saturated rings. The standard InChI is InChI=1S/C9H10ClN2.F6P/c1-11-7-5-3-4-6-8(7)12(2)9(11)10;1-7(2,3,4,5)6/h3-6H,1-2H3;/q+1;-1. The molecule has 1 aromatic heterocycles. The topological polar surface area (TPSA) is 8.81 Å². The number of fused-ring (bicyclic) bond motifs is 1. The average Bonchev–Trinajstić information content (AvgIpc) is 2.40. The first-order chi connectivity index (χ1) is 8.16. The number of aryl methyl sites for hydroxylation is 2. The van der Waals surface area contributed by atoms with Gasteiger partial charge in [-0.25, -0.2) is 9.13 Å². The molecule has 0 N–H and O–H groups in total. The maximum absolute atomic E-state index is 10.7. The Morgan fingerprint density at radius 1 is 1.05 bits per heavy atom. The van der Waals surface area contributed by atoms with Crippen molar-refractivity contribution in [2.45, 2.75) is 0 Å². The minimum absolute atomic E-state index is 0.746. The van der Waals surface area contributed by atoms with Crippen LogP contribution in [0.15, 0.2) is 24.3 Å². The van der Waals surface area contributed by atoms with Gasteiger partial charge in [0.2, 0.25) is 0 Å². The molecule has 0 amide bonds. The first kappa shape index (κ1) is 16.0. The van der Waals surface area contributed by atoms with E-state index in [9.17, 15) is 25.2 Å². The van der Waals surface area contributed by atoms with Crippen molar-refractivity contribution in [1.29, 1.82) is 0 Å². The second kappa shape index (κ2) is 3.99. The molecule has 2 nitrogen and oxygen atoms in total. The SMILES string of the molecule is Cn1c(Cl)[n+](C)c2ccccc21.F[P-](F)(F)(F)(F)F. The number of hydrogen-bond donors (Lipinski definition) is 0. The van der Waals surface area contributed by atoms with Crippen molar-refractivity contribution < 1.29 is 29.7 Å². The second-order valence-corrected chi connectivity index (χ2v) is 6.09. The van der Waals surface area contributed by atoms with E-state index in [2.05, 4.69) is 12.1 Å². The van der Waals surface area contributed by atoms with Gasteiger partial charge in [-0.2, -0.15) is 0 Å². The number of para-hydroxylation sites is 2. The zero-order valence-corrected chi connectivity index (χ0v) is 11.4. The number of halogens is 7. The predicted molar refractivity (Wildman–Crippen MR) is 62.7 cm³/mol. The van der Waals surface area contributed by atoms with Crippen LogP contribution in [0.25, 0.3) is 11.0 Å². The van der Waals surface area contributed by atoms with Crippen LogP contribution in [0.3, 0.4) is 0 Å². The molecule has 19 heavy (non-hydrogen) atoms. The summed E-state index contributed by atoms with van der Waals surface area (Å²) >= 11 is 6.05. The minimum atomic E-state index is -10.7. The van der Waals surface area contributed by atoms with Crippen LogP contribution in [0.2, 0.25) is 5.28 Å². The summed E-state index contributed by atoms with van der Waals surface area (Å²) in [5, 5.41) is 0.746. The van der Waals surface area contributed by atoms with Crippen LogP contribution >= 0.6 is 19.4 Å². The average molecular weight is 327 g/mol. The Morgan fingerprint density at radius 3 is 1.89 bits per heavy atom. The van der Waals surface area contributed by atoms with Gasteiger partial charge in [0.25, 0.3) is 0 Å². The van der Waals surface area contributed by atoms with Gasteiger partial charge in [-0.1, -0.05) is 12.1 Å². The first-order valence-corrected chi connectivity index (χ1v) is 7.23. The van der Waals surface area contributed by atoms with E-state index in [-0.39, 0.29) is 0 Å². The summed E-state index contributed by atoms with van der Waals surface area (Å²) in [5.74, 6) is 0. The van der Waals surface area contributed by atoms with Crippen LogP contribution in [-0.4, -0.2) is 4.57 Å². The summed E-state index contributed by atoms with van der Waals surface area (Å²) in [6.45, 7) is 0. The molecule has 110 valence electrons. The third kappa shape index (κ3) is 5.65. The van der Waals surface area contributed by atoms with Gasteiger partial charge < -0.3 is 0 Å². The summed E-state index contributed by atoms with van der Waals surface area (Å²) in [7, 11) is -6.73. The van der Waals surface area contributed by atoms with E-state index < -0.39 is 7.81 Å². The summed E-state index contributed by atoms with van der Waals surface area (Å²) in [6.07, 6.45) is 0. The van der Waals surface area contributed by atoms with Crippen LogP contribution in [-0.2, 0) is 14.1 Å². The van der Waals surface area contributed by atoms with Gasteiger partial charge in [-0.3, -0.25) is 0 Å². The van der Waals surface area contributed by atoms with Crippen LogP contribution in [0.4, 0.5) is 25.2 Å². The fourth-order valence-electron chi connectivity index (χ4n) is 1.46. The van der Waals surface area contributed by atoms with Crippen molar-refractivity contribution >= 4 is 30.4 Å². The van der Waals surface area contributed by atoms with Gasteiger partial charge >= 0.3 is 38.3 Å². The number of imidazole rings is 1. The van der Waals surface area contributed by atoms with Gasteiger partial charge in [0, 0.05) is 11.6 Å². The van der Waals surface area contributed by atoms with E-state index in [1.807, 2.05) is 35.4 Å². The third-order valence-corrected chi connectivity index (χ3v) is 2.67. The molecule has 0 aliphatic heterocycles. The molecule has 0 bridgehead atoms. The molecule has 2 aromatic rings. The monoisotopic (exact) mass is 326 g/mol. The van der Waals surface area contributed by atoms with Gasteiger partial charge in [0.15, 0.2) is 11.0 Å².